The van der Waals surface area contributed by atoms with E-state index in [2.05, 4.69) is 29.4 Å². The fourth-order valence-electron chi connectivity index (χ4n) is 3.05. The van der Waals surface area contributed by atoms with E-state index >= 15 is 0 Å². The van der Waals surface area contributed by atoms with Crippen molar-refractivity contribution in [2.45, 2.75) is 51.9 Å². The smallest absolute Gasteiger partial charge is 0.269 e. The van der Waals surface area contributed by atoms with Crippen molar-refractivity contribution in [2.24, 2.45) is 5.92 Å². The summed E-state index contributed by atoms with van der Waals surface area (Å²) >= 11 is 1.76. The molecule has 138 valence electrons. The molecule has 2 heterocycles. The van der Waals surface area contributed by atoms with Gasteiger partial charge in [0, 0.05) is 23.7 Å². The minimum absolute atomic E-state index is 0.165. The molecular formula is C21H27N3OS. The first-order valence-corrected chi connectivity index (χ1v) is 10.4. The number of allylic oxidation sites excluding steroid dienone is 2. The highest BCUT2D eigenvalue weighted by Gasteiger charge is 2.14. The van der Waals surface area contributed by atoms with Crippen LogP contribution >= 0.6 is 11.3 Å². The summed E-state index contributed by atoms with van der Waals surface area (Å²) in [5.41, 5.74) is 2.64. The second-order valence-corrected chi connectivity index (χ2v) is 7.89. The van der Waals surface area contributed by atoms with Crippen molar-refractivity contribution >= 4 is 17.2 Å². The number of carbonyl (C=O) groups excluding carboxylic acids is 1. The Morgan fingerprint density at radius 2 is 2.19 bits per heavy atom. The molecule has 0 radical (unpaired) electrons. The van der Waals surface area contributed by atoms with Crippen LogP contribution in [0, 0.1) is 5.92 Å². The molecule has 0 aromatic carbocycles. The summed E-state index contributed by atoms with van der Waals surface area (Å²) in [4.78, 5) is 22.2. The monoisotopic (exact) mass is 369 g/mol. The molecule has 0 aliphatic heterocycles. The van der Waals surface area contributed by atoms with Crippen LogP contribution in [0.4, 0.5) is 0 Å². The number of aryl methyl sites for hydroxylation is 2. The van der Waals surface area contributed by atoms with Gasteiger partial charge in [0.15, 0.2) is 0 Å². The van der Waals surface area contributed by atoms with E-state index in [0.717, 1.165) is 42.2 Å². The zero-order valence-corrected chi connectivity index (χ0v) is 16.4. The van der Waals surface area contributed by atoms with Crippen LogP contribution in [-0.4, -0.2) is 22.9 Å². The largest absolute Gasteiger partial charge is 0.354 e. The number of carbonyl (C=O) groups is 1. The molecule has 0 bridgehead atoms. The standard InChI is InChI=1S/C21H27N3OS/c1-3-7-19-17(11-5-4-8-15-9-6-10-15)24-21(26-19)16-12-13-18(23-14-16)20(25)22-2/h4,8,12-15H,3,5-7,9-11H2,1-2H3,(H,22,25)/b8-4+. The van der Waals surface area contributed by atoms with E-state index in [1.54, 1.807) is 30.6 Å². The van der Waals surface area contributed by atoms with Gasteiger partial charge in [-0.05, 0) is 50.2 Å². The molecule has 3 rings (SSSR count). The topological polar surface area (TPSA) is 54.9 Å². The third-order valence-corrected chi connectivity index (χ3v) is 6.04. The molecule has 1 aliphatic rings. The summed E-state index contributed by atoms with van der Waals surface area (Å²) < 4.78 is 0. The second kappa shape index (κ2) is 9.08. The number of thiazole rings is 1. The van der Waals surface area contributed by atoms with Crippen molar-refractivity contribution in [1.29, 1.82) is 0 Å². The molecule has 0 saturated heterocycles. The van der Waals surface area contributed by atoms with Crippen LogP contribution in [0.15, 0.2) is 30.5 Å². The van der Waals surface area contributed by atoms with E-state index in [1.165, 1.54) is 29.8 Å². The quantitative estimate of drug-likeness (QED) is 0.680. The molecule has 0 unspecified atom stereocenters. The number of rotatable bonds is 8. The van der Waals surface area contributed by atoms with Crippen LogP contribution < -0.4 is 5.32 Å². The summed E-state index contributed by atoms with van der Waals surface area (Å²) in [7, 11) is 1.61. The molecule has 1 aliphatic carbocycles. The average molecular weight is 370 g/mol. The number of hydrogen-bond donors (Lipinski definition) is 1. The van der Waals surface area contributed by atoms with Crippen LogP contribution in [-0.2, 0) is 12.8 Å². The van der Waals surface area contributed by atoms with Crippen molar-refractivity contribution in [3.05, 3.63) is 46.7 Å². The first kappa shape index (κ1) is 18.8. The van der Waals surface area contributed by atoms with Gasteiger partial charge in [0.05, 0.1) is 5.69 Å². The lowest BCUT2D eigenvalue weighted by atomic mass is 9.85. The molecule has 0 spiro atoms. The number of pyridine rings is 1. The number of nitrogens with zero attached hydrogens (tertiary/aromatic N) is 2. The first-order chi connectivity index (χ1) is 12.7. The normalized spacial score (nSPS) is 14.5. The highest BCUT2D eigenvalue weighted by atomic mass is 32.1. The molecule has 1 fully saturated rings. The molecular weight excluding hydrogens is 342 g/mol. The number of aromatic nitrogens is 2. The molecule has 5 heteroatoms. The lowest BCUT2D eigenvalue weighted by Gasteiger charge is -2.21. The third-order valence-electron chi connectivity index (χ3n) is 4.83. The molecule has 2 aromatic rings. The van der Waals surface area contributed by atoms with Crippen molar-refractivity contribution in [1.82, 2.24) is 15.3 Å². The number of hydrogen-bond acceptors (Lipinski definition) is 4. The maximum absolute atomic E-state index is 11.6. The van der Waals surface area contributed by atoms with Crippen molar-refractivity contribution in [2.75, 3.05) is 7.05 Å². The summed E-state index contributed by atoms with van der Waals surface area (Å²) in [5.74, 6) is 0.655. The van der Waals surface area contributed by atoms with Crippen LogP contribution in [0.3, 0.4) is 0 Å². The fraction of sp³-hybridized carbons (Fsp3) is 0.476. The van der Waals surface area contributed by atoms with Crippen LogP contribution in [0.5, 0.6) is 0 Å². The van der Waals surface area contributed by atoms with Crippen LogP contribution in [0.25, 0.3) is 10.6 Å². The Balaban J connectivity index is 1.70. The van der Waals surface area contributed by atoms with Crippen molar-refractivity contribution in [3.63, 3.8) is 0 Å². The van der Waals surface area contributed by atoms with E-state index in [9.17, 15) is 4.79 Å². The summed E-state index contributed by atoms with van der Waals surface area (Å²) in [6.45, 7) is 2.21. The van der Waals surface area contributed by atoms with Gasteiger partial charge in [-0.15, -0.1) is 11.3 Å². The fourth-order valence-corrected chi connectivity index (χ4v) is 4.25. The molecule has 26 heavy (non-hydrogen) atoms. The van der Waals surface area contributed by atoms with Crippen molar-refractivity contribution < 1.29 is 4.79 Å². The van der Waals surface area contributed by atoms with Gasteiger partial charge in [0.25, 0.3) is 5.91 Å². The predicted octanol–water partition coefficient (Wildman–Crippen LogP) is 4.81. The van der Waals surface area contributed by atoms with Crippen LogP contribution in [0.2, 0.25) is 0 Å². The van der Waals surface area contributed by atoms with E-state index in [1.807, 2.05) is 6.07 Å². The molecule has 2 aromatic heterocycles. The SMILES string of the molecule is CCCc1sc(-c2ccc(C(=O)NC)nc2)nc1CC/C=C/C1CCC1. The Hall–Kier alpha value is -2.01. The Morgan fingerprint density at radius 3 is 2.81 bits per heavy atom. The van der Waals surface area contributed by atoms with Gasteiger partial charge < -0.3 is 5.32 Å². The molecule has 1 N–H and O–H groups in total. The summed E-state index contributed by atoms with van der Waals surface area (Å²) in [5, 5.41) is 3.60. The second-order valence-electron chi connectivity index (χ2n) is 6.81. The molecule has 0 atom stereocenters. The van der Waals surface area contributed by atoms with E-state index in [0.29, 0.717) is 5.69 Å². The zero-order valence-electron chi connectivity index (χ0n) is 15.6. The van der Waals surface area contributed by atoms with Gasteiger partial charge in [0.1, 0.15) is 10.7 Å². The maximum atomic E-state index is 11.6. The molecule has 1 amide bonds. The Bertz CT molecular complexity index is 760. The molecule has 1 saturated carbocycles. The van der Waals surface area contributed by atoms with Gasteiger partial charge in [-0.2, -0.15) is 0 Å². The van der Waals surface area contributed by atoms with Gasteiger partial charge in [-0.1, -0.05) is 31.9 Å². The summed E-state index contributed by atoms with van der Waals surface area (Å²) in [6.07, 6.45) is 14.8. The third kappa shape index (κ3) is 4.58. The number of nitrogens with one attached hydrogen (secondary N) is 1. The minimum atomic E-state index is -0.165. The molecule has 4 nitrogen and oxygen atoms in total. The highest BCUT2D eigenvalue weighted by Crippen LogP contribution is 2.30. The number of amides is 1. The van der Waals surface area contributed by atoms with Crippen molar-refractivity contribution in [3.8, 4) is 10.6 Å². The zero-order chi connectivity index (χ0) is 18.4. The van der Waals surface area contributed by atoms with Gasteiger partial charge in [-0.3, -0.25) is 9.78 Å². The summed E-state index contributed by atoms with van der Waals surface area (Å²) in [6, 6.07) is 3.70. The Morgan fingerprint density at radius 1 is 1.35 bits per heavy atom. The van der Waals surface area contributed by atoms with Crippen LogP contribution in [0.1, 0.15) is 60.1 Å². The maximum Gasteiger partial charge on any atom is 0.269 e. The average Bonchev–Trinajstić information content (AvgIpc) is 3.03. The lowest BCUT2D eigenvalue weighted by Crippen LogP contribution is -2.18. The lowest BCUT2D eigenvalue weighted by molar-refractivity contribution is 0.0958. The van der Waals surface area contributed by atoms with Gasteiger partial charge in [-0.25, -0.2) is 4.98 Å². The van der Waals surface area contributed by atoms with E-state index < -0.39 is 0 Å². The minimum Gasteiger partial charge on any atom is -0.354 e. The van der Waals surface area contributed by atoms with Gasteiger partial charge in [0.2, 0.25) is 0 Å². The predicted molar refractivity (Wildman–Crippen MR) is 108 cm³/mol. The van der Waals surface area contributed by atoms with E-state index in [-0.39, 0.29) is 5.91 Å². The Kier molecular flexibility index (Phi) is 6.56. The Labute approximate surface area is 159 Å². The van der Waals surface area contributed by atoms with E-state index in [4.69, 9.17) is 4.98 Å². The first-order valence-electron chi connectivity index (χ1n) is 9.55. The highest BCUT2D eigenvalue weighted by molar-refractivity contribution is 7.15. The van der Waals surface area contributed by atoms with Gasteiger partial charge >= 0.3 is 0 Å².